The van der Waals surface area contributed by atoms with Gasteiger partial charge in [0, 0.05) is 11.8 Å². The lowest BCUT2D eigenvalue weighted by atomic mass is 9.95. The van der Waals surface area contributed by atoms with Crippen LogP contribution in [0.5, 0.6) is 0 Å². The Kier molecular flexibility index (Phi) is 3.21. The highest BCUT2D eigenvalue weighted by Crippen LogP contribution is 2.28. The molecule has 0 aliphatic rings. The van der Waals surface area contributed by atoms with Crippen LogP contribution >= 0.6 is 0 Å². The van der Waals surface area contributed by atoms with Crippen molar-refractivity contribution in [1.82, 2.24) is 9.97 Å². The number of hydrogen-bond acceptors (Lipinski definition) is 3. The molecule has 0 saturated heterocycles. The van der Waals surface area contributed by atoms with Gasteiger partial charge in [0.25, 0.3) is 0 Å². The molecular formula is C14H14N2O3. The molecule has 0 aliphatic carbocycles. The Morgan fingerprint density at radius 3 is 2.32 bits per heavy atom. The smallest absolute Gasteiger partial charge is 0.345 e. The van der Waals surface area contributed by atoms with Crippen LogP contribution in [0.15, 0.2) is 23.1 Å². The van der Waals surface area contributed by atoms with E-state index >= 15 is 0 Å². The summed E-state index contributed by atoms with van der Waals surface area (Å²) < 4.78 is 0. The van der Waals surface area contributed by atoms with E-state index in [9.17, 15) is 14.7 Å². The number of aromatic amines is 1. The summed E-state index contributed by atoms with van der Waals surface area (Å²) in [6.45, 7) is 5.75. The first-order valence-electron chi connectivity index (χ1n) is 5.81. The summed E-state index contributed by atoms with van der Waals surface area (Å²) in [4.78, 5) is 28.6. The second-order valence-corrected chi connectivity index (χ2v) is 4.56. The number of benzene rings is 1. The largest absolute Gasteiger partial charge is 0.478 e. The number of carbonyl (C=O) groups is 1. The van der Waals surface area contributed by atoms with Crippen molar-refractivity contribution in [2.45, 2.75) is 20.8 Å². The minimum absolute atomic E-state index is 0.00495. The molecule has 1 heterocycles. The van der Waals surface area contributed by atoms with Gasteiger partial charge < -0.3 is 10.1 Å². The molecule has 0 bridgehead atoms. The van der Waals surface area contributed by atoms with Gasteiger partial charge in [-0.3, -0.25) is 0 Å². The Bertz CT molecular complexity index is 694. The number of carboxylic acids is 1. The van der Waals surface area contributed by atoms with E-state index in [0.29, 0.717) is 5.69 Å². The topological polar surface area (TPSA) is 83.0 Å². The van der Waals surface area contributed by atoms with Gasteiger partial charge in [-0.1, -0.05) is 17.7 Å². The van der Waals surface area contributed by atoms with Gasteiger partial charge in [-0.25, -0.2) is 14.6 Å². The Balaban J connectivity index is 2.82. The Hall–Kier alpha value is -2.43. The van der Waals surface area contributed by atoms with Gasteiger partial charge in [-0.15, -0.1) is 0 Å². The molecule has 0 atom stereocenters. The molecule has 0 spiro atoms. The van der Waals surface area contributed by atoms with Crippen molar-refractivity contribution < 1.29 is 9.90 Å². The summed E-state index contributed by atoms with van der Waals surface area (Å²) in [7, 11) is 0. The number of rotatable bonds is 2. The maximum atomic E-state index is 11.4. The first-order chi connectivity index (χ1) is 8.90. The molecule has 2 rings (SSSR count). The predicted octanol–water partition coefficient (Wildman–Crippen LogP) is 2.06. The first kappa shape index (κ1) is 13.0. The molecule has 19 heavy (non-hydrogen) atoms. The van der Waals surface area contributed by atoms with Crippen LogP contribution in [0.3, 0.4) is 0 Å². The van der Waals surface area contributed by atoms with Gasteiger partial charge in [0.15, 0.2) is 0 Å². The highest BCUT2D eigenvalue weighted by Gasteiger charge is 2.17. The predicted molar refractivity (Wildman–Crippen MR) is 71.5 cm³/mol. The maximum absolute atomic E-state index is 11.4. The number of nitrogens with zero attached hydrogens (tertiary/aromatic N) is 1. The van der Waals surface area contributed by atoms with Gasteiger partial charge in [0.2, 0.25) is 0 Å². The molecule has 2 aromatic rings. The number of hydrogen-bond donors (Lipinski definition) is 2. The zero-order chi connectivity index (χ0) is 14.2. The van der Waals surface area contributed by atoms with Gasteiger partial charge in [0.05, 0.1) is 5.69 Å². The summed E-state index contributed by atoms with van der Waals surface area (Å²) in [5, 5.41) is 9.19. The van der Waals surface area contributed by atoms with Crippen LogP contribution in [-0.4, -0.2) is 21.0 Å². The molecule has 98 valence electrons. The van der Waals surface area contributed by atoms with Crippen molar-refractivity contribution in [2.24, 2.45) is 0 Å². The Labute approximate surface area is 110 Å². The zero-order valence-corrected chi connectivity index (χ0v) is 10.9. The van der Waals surface area contributed by atoms with E-state index in [1.165, 1.54) is 0 Å². The molecule has 0 amide bonds. The third kappa shape index (κ3) is 2.40. The standard InChI is InChI=1S/C14H14N2O3/c1-7-4-8(2)11(9(3)5-7)12-10(13(17)18)6-15-14(19)16-12/h4-6H,1-3H3,(H,17,18)(H,15,16,19). The first-order valence-corrected chi connectivity index (χ1v) is 5.81. The summed E-state index contributed by atoms with van der Waals surface area (Å²) in [6, 6.07) is 3.90. The van der Waals surface area contributed by atoms with Crippen molar-refractivity contribution in [3.8, 4) is 11.3 Å². The van der Waals surface area contributed by atoms with Crippen molar-refractivity contribution in [1.29, 1.82) is 0 Å². The summed E-state index contributed by atoms with van der Waals surface area (Å²) in [6.07, 6.45) is 1.09. The number of aromatic nitrogens is 2. The van der Waals surface area contributed by atoms with Gasteiger partial charge >= 0.3 is 11.7 Å². The fourth-order valence-electron chi connectivity index (χ4n) is 2.33. The van der Waals surface area contributed by atoms with Crippen LogP contribution in [0.2, 0.25) is 0 Å². The van der Waals surface area contributed by atoms with E-state index in [2.05, 4.69) is 9.97 Å². The Morgan fingerprint density at radius 2 is 1.79 bits per heavy atom. The molecule has 0 unspecified atom stereocenters. The average molecular weight is 258 g/mol. The zero-order valence-electron chi connectivity index (χ0n) is 10.9. The molecule has 0 saturated carbocycles. The third-order valence-corrected chi connectivity index (χ3v) is 2.97. The SMILES string of the molecule is Cc1cc(C)c(-c2[nH]c(=O)ncc2C(=O)O)c(C)c1. The third-order valence-electron chi connectivity index (χ3n) is 2.97. The maximum Gasteiger partial charge on any atom is 0.345 e. The average Bonchev–Trinajstić information content (AvgIpc) is 2.27. The van der Waals surface area contributed by atoms with Crippen LogP contribution in [0, 0.1) is 20.8 Å². The lowest BCUT2D eigenvalue weighted by Gasteiger charge is -2.13. The lowest BCUT2D eigenvalue weighted by Crippen LogP contribution is -2.15. The van der Waals surface area contributed by atoms with Crippen molar-refractivity contribution >= 4 is 5.97 Å². The van der Waals surface area contributed by atoms with Gasteiger partial charge in [-0.05, 0) is 31.9 Å². The lowest BCUT2D eigenvalue weighted by molar-refractivity contribution is 0.0697. The molecule has 5 nitrogen and oxygen atoms in total. The van der Waals surface area contributed by atoms with E-state index in [4.69, 9.17) is 0 Å². The number of H-pyrrole nitrogens is 1. The Morgan fingerprint density at radius 1 is 1.21 bits per heavy atom. The fraction of sp³-hybridized carbons (Fsp3) is 0.214. The molecule has 0 radical (unpaired) electrons. The van der Waals surface area contributed by atoms with E-state index in [0.717, 1.165) is 28.5 Å². The molecule has 1 aromatic heterocycles. The van der Waals surface area contributed by atoms with E-state index < -0.39 is 11.7 Å². The molecule has 2 N–H and O–H groups in total. The van der Waals surface area contributed by atoms with Crippen molar-refractivity contribution in [2.75, 3.05) is 0 Å². The summed E-state index contributed by atoms with van der Waals surface area (Å²) in [5.41, 5.74) is 3.41. The van der Waals surface area contributed by atoms with Crippen molar-refractivity contribution in [3.05, 3.63) is 51.1 Å². The van der Waals surface area contributed by atoms with Crippen LogP contribution in [0.1, 0.15) is 27.0 Å². The molecule has 0 aliphatic heterocycles. The van der Waals surface area contributed by atoms with Crippen LogP contribution < -0.4 is 5.69 Å². The number of aryl methyl sites for hydroxylation is 3. The second-order valence-electron chi connectivity index (χ2n) is 4.56. The number of carboxylic acid groups (broad SMARTS) is 1. The summed E-state index contributed by atoms with van der Waals surface area (Å²) in [5.74, 6) is -1.11. The molecule has 5 heteroatoms. The minimum Gasteiger partial charge on any atom is -0.478 e. The van der Waals surface area contributed by atoms with Crippen LogP contribution in [0.25, 0.3) is 11.3 Å². The second kappa shape index (κ2) is 4.68. The van der Waals surface area contributed by atoms with Gasteiger partial charge in [0.1, 0.15) is 5.56 Å². The number of nitrogens with one attached hydrogen (secondary N) is 1. The van der Waals surface area contributed by atoms with E-state index in [1.54, 1.807) is 0 Å². The van der Waals surface area contributed by atoms with Crippen LogP contribution in [0.4, 0.5) is 0 Å². The van der Waals surface area contributed by atoms with Crippen LogP contribution in [-0.2, 0) is 0 Å². The van der Waals surface area contributed by atoms with Crippen molar-refractivity contribution in [3.63, 3.8) is 0 Å². The van der Waals surface area contributed by atoms with E-state index in [1.807, 2.05) is 32.9 Å². The molecule has 0 fully saturated rings. The highest BCUT2D eigenvalue weighted by molar-refractivity contribution is 5.95. The van der Waals surface area contributed by atoms with E-state index in [-0.39, 0.29) is 5.56 Å². The van der Waals surface area contributed by atoms with Gasteiger partial charge in [-0.2, -0.15) is 0 Å². The molecular weight excluding hydrogens is 244 g/mol. The highest BCUT2D eigenvalue weighted by atomic mass is 16.4. The monoisotopic (exact) mass is 258 g/mol. The normalized spacial score (nSPS) is 10.5. The molecule has 1 aromatic carbocycles. The summed E-state index contributed by atoms with van der Waals surface area (Å²) >= 11 is 0. The minimum atomic E-state index is -1.11. The quantitative estimate of drug-likeness (QED) is 0.863. The number of aromatic carboxylic acids is 1. The fourth-order valence-corrected chi connectivity index (χ4v) is 2.33.